The van der Waals surface area contributed by atoms with Gasteiger partial charge in [-0.2, -0.15) is 0 Å². The number of amides is 1. The second kappa shape index (κ2) is 7.82. The number of aliphatic hydroxyl groups excluding tert-OH is 1. The first-order valence-electron chi connectivity index (χ1n) is 8.29. The first-order valence-corrected chi connectivity index (χ1v) is 8.67. The number of benzene rings is 2. The van der Waals surface area contributed by atoms with Crippen LogP contribution in [0.2, 0.25) is 5.02 Å². The fourth-order valence-corrected chi connectivity index (χ4v) is 3.23. The lowest BCUT2D eigenvalue weighted by Crippen LogP contribution is -2.34. The molecule has 0 radical (unpaired) electrons. The summed E-state index contributed by atoms with van der Waals surface area (Å²) in [6.07, 6.45) is -0.514. The zero-order valence-electron chi connectivity index (χ0n) is 14.4. The molecule has 1 aliphatic rings. The molecular weight excluding hydrogens is 389 g/mol. The lowest BCUT2D eigenvalue weighted by molar-refractivity contribution is -0.305. The van der Waals surface area contributed by atoms with Gasteiger partial charge in [0.2, 0.25) is 0 Å². The number of carboxylic acids is 1. The number of ketones is 1. The van der Waals surface area contributed by atoms with Crippen LogP contribution in [0.4, 0.5) is 4.39 Å². The third-order valence-electron chi connectivity index (χ3n) is 4.38. The minimum Gasteiger partial charge on any atom is -0.550 e. The normalized spacial score (nSPS) is 18.5. The Balaban J connectivity index is 2.16. The summed E-state index contributed by atoms with van der Waals surface area (Å²) in [7, 11) is 0. The summed E-state index contributed by atoms with van der Waals surface area (Å²) in [5.74, 6) is -4.43. The highest BCUT2D eigenvalue weighted by molar-refractivity contribution is 6.46. The van der Waals surface area contributed by atoms with E-state index in [0.29, 0.717) is 5.02 Å². The molecule has 8 heteroatoms. The minimum atomic E-state index is -1.41. The number of aliphatic hydroxyl groups is 1. The van der Waals surface area contributed by atoms with Crippen molar-refractivity contribution in [1.82, 2.24) is 4.90 Å². The molecule has 1 aliphatic heterocycles. The number of hydrogen-bond donors (Lipinski definition) is 1. The lowest BCUT2D eigenvalue weighted by Gasteiger charge is -2.25. The van der Waals surface area contributed by atoms with Crippen molar-refractivity contribution in [1.29, 1.82) is 0 Å². The molecule has 6 nitrogen and oxygen atoms in total. The smallest absolute Gasteiger partial charge is 0.295 e. The SMILES string of the molecule is O=C([O-])CCN1C(=O)C(=O)/C(=C(/O)c2ccc(Cl)cc2)[C@@H]1c1cccc(F)c1. The first kappa shape index (κ1) is 19.6. The number of carboxylic acid groups (broad SMARTS) is 1. The molecule has 3 rings (SSSR count). The zero-order valence-corrected chi connectivity index (χ0v) is 15.1. The summed E-state index contributed by atoms with van der Waals surface area (Å²) in [6, 6.07) is 10.00. The van der Waals surface area contributed by atoms with E-state index < -0.39 is 41.7 Å². The largest absolute Gasteiger partial charge is 0.550 e. The van der Waals surface area contributed by atoms with Gasteiger partial charge in [0.25, 0.3) is 11.7 Å². The van der Waals surface area contributed by atoms with E-state index in [9.17, 15) is 29.0 Å². The molecule has 0 aliphatic carbocycles. The van der Waals surface area contributed by atoms with E-state index in [1.165, 1.54) is 42.5 Å². The van der Waals surface area contributed by atoms with Gasteiger partial charge in [0.1, 0.15) is 11.6 Å². The van der Waals surface area contributed by atoms with Gasteiger partial charge in [-0.05, 0) is 42.0 Å². The van der Waals surface area contributed by atoms with Crippen molar-refractivity contribution in [2.45, 2.75) is 12.5 Å². The molecule has 1 heterocycles. The van der Waals surface area contributed by atoms with Crippen molar-refractivity contribution < 1.29 is 29.0 Å². The third kappa shape index (κ3) is 3.75. The number of rotatable bonds is 5. The molecule has 28 heavy (non-hydrogen) atoms. The molecule has 1 fully saturated rings. The van der Waals surface area contributed by atoms with Crippen LogP contribution in [0.1, 0.15) is 23.6 Å². The molecule has 0 saturated carbocycles. The summed E-state index contributed by atoms with van der Waals surface area (Å²) in [5, 5.41) is 22.0. The van der Waals surface area contributed by atoms with E-state index in [4.69, 9.17) is 11.6 Å². The Morgan fingerprint density at radius 1 is 1.18 bits per heavy atom. The van der Waals surface area contributed by atoms with E-state index >= 15 is 0 Å². The van der Waals surface area contributed by atoms with Crippen LogP contribution in [0.15, 0.2) is 54.1 Å². The Hall–Kier alpha value is -3.19. The van der Waals surface area contributed by atoms with Crippen LogP contribution in [-0.4, -0.2) is 34.2 Å². The van der Waals surface area contributed by atoms with Crippen molar-refractivity contribution in [3.05, 3.63) is 76.1 Å². The number of halogens is 2. The molecule has 1 atom stereocenters. The molecule has 0 bridgehead atoms. The van der Waals surface area contributed by atoms with Gasteiger partial charge in [0, 0.05) is 29.5 Å². The zero-order chi connectivity index (χ0) is 20.4. The number of carbonyl (C=O) groups excluding carboxylic acids is 3. The van der Waals surface area contributed by atoms with Crippen LogP contribution in [0.5, 0.6) is 0 Å². The Kier molecular flexibility index (Phi) is 5.46. The van der Waals surface area contributed by atoms with Crippen LogP contribution in [0, 0.1) is 5.82 Å². The third-order valence-corrected chi connectivity index (χ3v) is 4.63. The second-order valence-corrected chi connectivity index (χ2v) is 6.61. The average molecular weight is 403 g/mol. The van der Waals surface area contributed by atoms with Gasteiger partial charge in [-0.3, -0.25) is 9.59 Å². The number of aliphatic carboxylic acids is 1. The van der Waals surface area contributed by atoms with Gasteiger partial charge in [-0.25, -0.2) is 4.39 Å². The lowest BCUT2D eigenvalue weighted by atomic mass is 9.95. The fourth-order valence-electron chi connectivity index (χ4n) is 3.11. The van der Waals surface area contributed by atoms with Crippen LogP contribution in [0.25, 0.3) is 5.76 Å². The molecule has 0 unspecified atom stereocenters. The van der Waals surface area contributed by atoms with Gasteiger partial charge in [0.15, 0.2) is 0 Å². The quantitative estimate of drug-likeness (QED) is 0.469. The van der Waals surface area contributed by atoms with Crippen LogP contribution < -0.4 is 5.11 Å². The topological polar surface area (TPSA) is 97.7 Å². The molecule has 2 aromatic rings. The predicted octanol–water partition coefficient (Wildman–Crippen LogP) is 2.04. The molecule has 0 aromatic heterocycles. The molecule has 1 amide bonds. The van der Waals surface area contributed by atoms with E-state index in [0.717, 1.165) is 11.0 Å². The highest BCUT2D eigenvalue weighted by Crippen LogP contribution is 2.39. The summed E-state index contributed by atoms with van der Waals surface area (Å²) in [5.41, 5.74) is 0.216. The molecule has 1 saturated heterocycles. The molecular formula is C20H14ClFNO5-. The number of hydrogen-bond acceptors (Lipinski definition) is 5. The number of likely N-dealkylation sites (tertiary alicyclic amines) is 1. The summed E-state index contributed by atoms with van der Waals surface area (Å²) >= 11 is 5.83. The number of nitrogens with zero attached hydrogens (tertiary/aromatic N) is 1. The van der Waals surface area contributed by atoms with Crippen LogP contribution in [-0.2, 0) is 14.4 Å². The Morgan fingerprint density at radius 2 is 1.86 bits per heavy atom. The van der Waals surface area contributed by atoms with Crippen molar-refractivity contribution in [3.63, 3.8) is 0 Å². The maximum atomic E-state index is 13.8. The standard InChI is InChI=1S/C20H15ClFNO5/c21-13-6-4-11(5-7-13)18(26)16-17(12-2-1-3-14(22)10-12)23(9-8-15(24)25)20(28)19(16)27/h1-7,10,17,26H,8-9H2,(H,24,25)/p-1/b18-16+/t17-/m0/s1. The molecule has 1 N–H and O–H groups in total. The monoisotopic (exact) mass is 402 g/mol. The van der Waals surface area contributed by atoms with E-state index in [1.54, 1.807) is 0 Å². The summed E-state index contributed by atoms with van der Waals surface area (Å²) < 4.78 is 13.8. The highest BCUT2D eigenvalue weighted by Gasteiger charge is 2.45. The highest BCUT2D eigenvalue weighted by atomic mass is 35.5. The van der Waals surface area contributed by atoms with Crippen molar-refractivity contribution in [3.8, 4) is 0 Å². The van der Waals surface area contributed by atoms with Gasteiger partial charge in [-0.15, -0.1) is 0 Å². The summed E-state index contributed by atoms with van der Waals surface area (Å²) in [6.45, 7) is -0.328. The Morgan fingerprint density at radius 3 is 2.46 bits per heavy atom. The maximum Gasteiger partial charge on any atom is 0.295 e. The molecule has 0 spiro atoms. The van der Waals surface area contributed by atoms with E-state index in [-0.39, 0.29) is 23.2 Å². The van der Waals surface area contributed by atoms with E-state index in [2.05, 4.69) is 0 Å². The summed E-state index contributed by atoms with van der Waals surface area (Å²) in [4.78, 5) is 36.9. The van der Waals surface area contributed by atoms with Crippen LogP contribution in [0.3, 0.4) is 0 Å². The Labute approximate surface area is 164 Å². The minimum absolute atomic E-state index is 0.230. The van der Waals surface area contributed by atoms with Gasteiger partial charge in [-0.1, -0.05) is 23.7 Å². The van der Waals surface area contributed by atoms with Crippen molar-refractivity contribution in [2.75, 3.05) is 6.54 Å². The average Bonchev–Trinajstić information content (AvgIpc) is 2.91. The van der Waals surface area contributed by atoms with Crippen molar-refractivity contribution >= 4 is 35.0 Å². The predicted molar refractivity (Wildman–Crippen MR) is 96.5 cm³/mol. The van der Waals surface area contributed by atoms with E-state index in [1.807, 2.05) is 0 Å². The Bertz CT molecular complexity index is 986. The first-order chi connectivity index (χ1) is 13.3. The van der Waals surface area contributed by atoms with Gasteiger partial charge in [0.05, 0.1) is 11.6 Å². The number of carbonyl (C=O) groups is 3. The fraction of sp³-hybridized carbons (Fsp3) is 0.150. The number of Topliss-reactive ketones (excluding diaryl/α,β-unsaturated/α-hetero) is 1. The van der Waals surface area contributed by atoms with Crippen molar-refractivity contribution in [2.24, 2.45) is 0 Å². The second-order valence-electron chi connectivity index (χ2n) is 6.18. The molecule has 2 aromatic carbocycles. The van der Waals surface area contributed by atoms with Crippen LogP contribution >= 0.6 is 11.6 Å². The van der Waals surface area contributed by atoms with Gasteiger partial charge < -0.3 is 19.9 Å². The van der Waals surface area contributed by atoms with Gasteiger partial charge >= 0.3 is 0 Å². The maximum absolute atomic E-state index is 13.8. The molecule has 144 valence electrons.